The minimum absolute atomic E-state index is 0.131. The Balaban J connectivity index is 2.00. The zero-order valence-corrected chi connectivity index (χ0v) is 11.0. The van der Waals surface area contributed by atoms with E-state index in [-0.39, 0.29) is 6.03 Å². The number of nitrogens with two attached hydrogens (primary N) is 1. The van der Waals surface area contributed by atoms with Crippen LogP contribution in [0.3, 0.4) is 0 Å². The summed E-state index contributed by atoms with van der Waals surface area (Å²) in [4.78, 5) is 11.9. The second-order valence-electron chi connectivity index (χ2n) is 5.10. The molecule has 18 heavy (non-hydrogen) atoms. The van der Waals surface area contributed by atoms with E-state index in [1.807, 2.05) is 26.0 Å². The molecule has 0 radical (unpaired) electrons. The molecular formula is C14H21N3O. The van der Waals surface area contributed by atoms with Crippen LogP contribution in [0.2, 0.25) is 0 Å². The number of carbonyl (C=O) groups is 1. The monoisotopic (exact) mass is 247 g/mol. The van der Waals surface area contributed by atoms with Gasteiger partial charge in [0.15, 0.2) is 0 Å². The normalized spacial score (nSPS) is 15.7. The van der Waals surface area contributed by atoms with E-state index >= 15 is 0 Å². The van der Waals surface area contributed by atoms with Crippen LogP contribution in [-0.4, -0.2) is 12.1 Å². The molecule has 4 nitrogen and oxygen atoms in total. The van der Waals surface area contributed by atoms with Crippen LogP contribution < -0.4 is 16.4 Å². The molecule has 4 N–H and O–H groups in total. The van der Waals surface area contributed by atoms with Crippen LogP contribution in [0.5, 0.6) is 0 Å². The van der Waals surface area contributed by atoms with E-state index < -0.39 is 0 Å². The molecular weight excluding hydrogens is 226 g/mol. The van der Waals surface area contributed by atoms with Crippen molar-refractivity contribution in [2.45, 2.75) is 45.6 Å². The van der Waals surface area contributed by atoms with Gasteiger partial charge in [0, 0.05) is 17.4 Å². The SMILES string of the molecule is Cc1cc(C)c(NC(=O)NC2CCCC2)cc1N. The molecule has 0 heterocycles. The Kier molecular flexibility index (Phi) is 3.75. The molecule has 1 saturated carbocycles. The largest absolute Gasteiger partial charge is 0.398 e. The highest BCUT2D eigenvalue weighted by atomic mass is 16.2. The van der Waals surface area contributed by atoms with Crippen LogP contribution >= 0.6 is 0 Å². The number of benzene rings is 1. The molecule has 0 spiro atoms. The highest BCUT2D eigenvalue weighted by Crippen LogP contribution is 2.22. The number of urea groups is 1. The fourth-order valence-corrected chi connectivity index (χ4v) is 2.42. The van der Waals surface area contributed by atoms with Gasteiger partial charge in [-0.3, -0.25) is 0 Å². The first-order valence-electron chi connectivity index (χ1n) is 6.50. The average molecular weight is 247 g/mol. The Bertz CT molecular complexity index is 451. The van der Waals surface area contributed by atoms with Crippen molar-refractivity contribution < 1.29 is 4.79 Å². The Morgan fingerprint density at radius 3 is 2.56 bits per heavy atom. The molecule has 0 aromatic heterocycles. The number of nitrogen functional groups attached to an aromatic ring is 1. The first kappa shape index (κ1) is 12.7. The Morgan fingerprint density at radius 1 is 1.22 bits per heavy atom. The number of rotatable bonds is 2. The first-order chi connectivity index (χ1) is 8.56. The summed E-state index contributed by atoms with van der Waals surface area (Å²) < 4.78 is 0. The smallest absolute Gasteiger partial charge is 0.319 e. The lowest BCUT2D eigenvalue weighted by molar-refractivity contribution is 0.248. The Labute approximate surface area is 108 Å². The van der Waals surface area contributed by atoms with Crippen LogP contribution in [-0.2, 0) is 0 Å². The Morgan fingerprint density at radius 2 is 1.89 bits per heavy atom. The minimum atomic E-state index is -0.131. The maximum Gasteiger partial charge on any atom is 0.319 e. The van der Waals surface area contributed by atoms with Crippen molar-refractivity contribution >= 4 is 17.4 Å². The van der Waals surface area contributed by atoms with E-state index in [0.29, 0.717) is 11.7 Å². The van der Waals surface area contributed by atoms with Gasteiger partial charge in [0.05, 0.1) is 0 Å². The van der Waals surface area contributed by atoms with Crippen LogP contribution in [0.15, 0.2) is 12.1 Å². The lowest BCUT2D eigenvalue weighted by Gasteiger charge is -2.15. The fraction of sp³-hybridized carbons (Fsp3) is 0.500. The van der Waals surface area contributed by atoms with Crippen molar-refractivity contribution in [1.82, 2.24) is 5.32 Å². The molecule has 1 fully saturated rings. The summed E-state index contributed by atoms with van der Waals surface area (Å²) in [5.74, 6) is 0. The molecule has 1 aliphatic rings. The number of carbonyl (C=O) groups excluding carboxylic acids is 1. The van der Waals surface area contributed by atoms with E-state index in [1.54, 1.807) is 0 Å². The summed E-state index contributed by atoms with van der Waals surface area (Å²) in [6.07, 6.45) is 4.59. The first-order valence-corrected chi connectivity index (χ1v) is 6.50. The lowest BCUT2D eigenvalue weighted by Crippen LogP contribution is -2.36. The molecule has 1 aromatic rings. The molecule has 98 valence electrons. The van der Waals surface area contributed by atoms with Crippen molar-refractivity contribution in [2.24, 2.45) is 0 Å². The zero-order valence-electron chi connectivity index (χ0n) is 11.0. The third-order valence-corrected chi connectivity index (χ3v) is 3.55. The van der Waals surface area contributed by atoms with E-state index in [1.165, 1.54) is 12.8 Å². The second-order valence-corrected chi connectivity index (χ2v) is 5.10. The number of anilines is 2. The summed E-state index contributed by atoms with van der Waals surface area (Å²) in [6.45, 7) is 3.93. The highest BCUT2D eigenvalue weighted by Gasteiger charge is 2.17. The molecule has 0 unspecified atom stereocenters. The quantitative estimate of drug-likeness (QED) is 0.703. The minimum Gasteiger partial charge on any atom is -0.398 e. The molecule has 4 heteroatoms. The van der Waals surface area contributed by atoms with Crippen molar-refractivity contribution in [3.05, 3.63) is 23.3 Å². The third-order valence-electron chi connectivity index (χ3n) is 3.55. The van der Waals surface area contributed by atoms with Crippen molar-refractivity contribution in [1.29, 1.82) is 0 Å². The summed E-state index contributed by atoms with van der Waals surface area (Å²) >= 11 is 0. The molecule has 0 atom stereocenters. The summed E-state index contributed by atoms with van der Waals surface area (Å²) in [6, 6.07) is 4.00. The van der Waals surface area contributed by atoms with E-state index in [2.05, 4.69) is 10.6 Å². The highest BCUT2D eigenvalue weighted by molar-refractivity contribution is 5.91. The van der Waals surface area contributed by atoms with Crippen molar-refractivity contribution in [3.8, 4) is 0 Å². The van der Waals surface area contributed by atoms with Gasteiger partial charge < -0.3 is 16.4 Å². The van der Waals surface area contributed by atoms with Gasteiger partial charge in [0.1, 0.15) is 0 Å². The topological polar surface area (TPSA) is 67.2 Å². The number of nitrogens with one attached hydrogen (secondary N) is 2. The van der Waals surface area contributed by atoms with Gasteiger partial charge in [-0.05, 0) is 43.9 Å². The maximum absolute atomic E-state index is 11.9. The molecule has 2 rings (SSSR count). The summed E-state index contributed by atoms with van der Waals surface area (Å²) in [7, 11) is 0. The molecule has 0 saturated heterocycles. The van der Waals surface area contributed by atoms with E-state index in [0.717, 1.165) is 29.7 Å². The van der Waals surface area contributed by atoms with Gasteiger partial charge in [-0.1, -0.05) is 18.9 Å². The van der Waals surface area contributed by atoms with Gasteiger partial charge in [0.2, 0.25) is 0 Å². The lowest BCUT2D eigenvalue weighted by atomic mass is 10.1. The van der Waals surface area contributed by atoms with Crippen molar-refractivity contribution in [3.63, 3.8) is 0 Å². The average Bonchev–Trinajstić information content (AvgIpc) is 2.78. The number of aryl methyl sites for hydroxylation is 2. The predicted molar refractivity (Wildman–Crippen MR) is 74.7 cm³/mol. The van der Waals surface area contributed by atoms with Gasteiger partial charge in [-0.25, -0.2) is 4.79 Å². The Hall–Kier alpha value is -1.71. The third kappa shape index (κ3) is 2.94. The zero-order chi connectivity index (χ0) is 13.1. The molecule has 0 aliphatic heterocycles. The standard InChI is InChI=1S/C14H21N3O/c1-9-7-10(2)13(8-12(9)15)17-14(18)16-11-5-3-4-6-11/h7-8,11H,3-6,15H2,1-2H3,(H2,16,17,18). The second kappa shape index (κ2) is 5.29. The molecule has 1 aromatic carbocycles. The van der Waals surface area contributed by atoms with Gasteiger partial charge >= 0.3 is 6.03 Å². The fourth-order valence-electron chi connectivity index (χ4n) is 2.42. The van der Waals surface area contributed by atoms with Crippen molar-refractivity contribution in [2.75, 3.05) is 11.1 Å². The van der Waals surface area contributed by atoms with Gasteiger partial charge in [0.25, 0.3) is 0 Å². The van der Waals surface area contributed by atoms with Crippen LogP contribution in [0.4, 0.5) is 16.2 Å². The number of hydrogen-bond acceptors (Lipinski definition) is 2. The predicted octanol–water partition coefficient (Wildman–Crippen LogP) is 2.95. The molecule has 2 amide bonds. The van der Waals surface area contributed by atoms with Gasteiger partial charge in [-0.15, -0.1) is 0 Å². The molecule has 0 bridgehead atoms. The summed E-state index contributed by atoms with van der Waals surface area (Å²) in [5.41, 5.74) is 9.42. The number of amides is 2. The van der Waals surface area contributed by atoms with Gasteiger partial charge in [-0.2, -0.15) is 0 Å². The van der Waals surface area contributed by atoms with E-state index in [9.17, 15) is 4.79 Å². The molecule has 1 aliphatic carbocycles. The maximum atomic E-state index is 11.9. The van der Waals surface area contributed by atoms with E-state index in [4.69, 9.17) is 5.73 Å². The van der Waals surface area contributed by atoms with Crippen LogP contribution in [0.1, 0.15) is 36.8 Å². The summed E-state index contributed by atoms with van der Waals surface area (Å²) in [5, 5.41) is 5.87. The number of hydrogen-bond donors (Lipinski definition) is 3. The van der Waals surface area contributed by atoms with Crippen LogP contribution in [0.25, 0.3) is 0 Å². The van der Waals surface area contributed by atoms with Crippen LogP contribution in [0, 0.1) is 13.8 Å².